The van der Waals surface area contributed by atoms with Crippen LogP contribution >= 0.6 is 0 Å². The van der Waals surface area contributed by atoms with Gasteiger partial charge in [-0.05, 0) is 36.8 Å². The first-order valence-electron chi connectivity index (χ1n) is 8.73. The molecule has 0 saturated heterocycles. The van der Waals surface area contributed by atoms with Gasteiger partial charge in [-0.2, -0.15) is 5.10 Å². The van der Waals surface area contributed by atoms with Gasteiger partial charge in [-0.15, -0.1) is 0 Å². The Balaban J connectivity index is 1.52. The van der Waals surface area contributed by atoms with Crippen molar-refractivity contribution in [1.82, 2.24) is 15.5 Å². The molecule has 1 aromatic heterocycles. The monoisotopic (exact) mass is 341 g/mol. The molecular formula is C19H23N3O3. The fourth-order valence-electron chi connectivity index (χ4n) is 2.85. The van der Waals surface area contributed by atoms with Gasteiger partial charge in [0.05, 0.1) is 6.04 Å². The van der Waals surface area contributed by atoms with Crippen LogP contribution in [0.3, 0.4) is 0 Å². The van der Waals surface area contributed by atoms with Crippen LogP contribution in [0.5, 0.6) is 0 Å². The summed E-state index contributed by atoms with van der Waals surface area (Å²) < 4.78 is 5.08. The maximum Gasteiger partial charge on any atom is 0.359 e. The van der Waals surface area contributed by atoms with E-state index >= 15 is 0 Å². The fraction of sp³-hybridized carbons (Fsp3) is 0.421. The van der Waals surface area contributed by atoms with E-state index in [-0.39, 0.29) is 24.2 Å². The third kappa shape index (κ3) is 4.68. The molecule has 1 atom stereocenters. The smallest absolute Gasteiger partial charge is 0.359 e. The Kier molecular flexibility index (Phi) is 5.48. The lowest BCUT2D eigenvalue weighted by atomic mass is 10.0. The summed E-state index contributed by atoms with van der Waals surface area (Å²) in [5.74, 6) is -0.417. The minimum absolute atomic E-state index is 0.0195. The van der Waals surface area contributed by atoms with E-state index in [1.165, 1.54) is 0 Å². The first-order chi connectivity index (χ1) is 12.2. The molecule has 6 nitrogen and oxygen atoms in total. The van der Waals surface area contributed by atoms with Gasteiger partial charge in [0.2, 0.25) is 0 Å². The molecule has 0 bridgehead atoms. The van der Waals surface area contributed by atoms with Crippen LogP contribution in [0.2, 0.25) is 0 Å². The molecule has 25 heavy (non-hydrogen) atoms. The standard InChI is InChI=1S/C19H23N3O3/c1-2-6-15-11-16(22-21-15)19(24)25-12-17(23)20-18(14-9-10-14)13-7-4-3-5-8-13/h3-5,7-8,11,14,18H,2,6,9-10,12H2,1H3,(H,20,23)(H,21,22). The van der Waals surface area contributed by atoms with Gasteiger partial charge < -0.3 is 10.1 Å². The molecule has 1 saturated carbocycles. The molecule has 1 unspecified atom stereocenters. The molecule has 2 aromatic rings. The van der Waals surface area contributed by atoms with Gasteiger partial charge in [0.1, 0.15) is 0 Å². The number of carbonyl (C=O) groups excluding carboxylic acids is 2. The second-order valence-corrected chi connectivity index (χ2v) is 6.40. The van der Waals surface area contributed by atoms with Crippen molar-refractivity contribution in [1.29, 1.82) is 0 Å². The van der Waals surface area contributed by atoms with Gasteiger partial charge in [0.15, 0.2) is 12.3 Å². The molecule has 1 aliphatic carbocycles. The average Bonchev–Trinajstić information content (AvgIpc) is 3.37. The molecule has 6 heteroatoms. The summed E-state index contributed by atoms with van der Waals surface area (Å²) in [6, 6.07) is 11.5. The Bertz CT molecular complexity index is 723. The molecular weight excluding hydrogens is 318 g/mol. The fourth-order valence-corrected chi connectivity index (χ4v) is 2.85. The summed E-state index contributed by atoms with van der Waals surface area (Å²) in [5.41, 5.74) is 2.18. The second kappa shape index (κ2) is 7.96. The zero-order chi connectivity index (χ0) is 17.6. The van der Waals surface area contributed by atoms with Crippen molar-refractivity contribution in [3.63, 3.8) is 0 Å². The Labute approximate surface area is 147 Å². The van der Waals surface area contributed by atoms with Gasteiger partial charge in [-0.3, -0.25) is 9.89 Å². The minimum Gasteiger partial charge on any atom is -0.451 e. The maximum atomic E-state index is 12.2. The van der Waals surface area contributed by atoms with Crippen molar-refractivity contribution >= 4 is 11.9 Å². The quantitative estimate of drug-likeness (QED) is 0.723. The molecule has 1 amide bonds. The van der Waals surface area contributed by atoms with Crippen molar-refractivity contribution in [2.75, 3.05) is 6.61 Å². The van der Waals surface area contributed by atoms with Crippen LogP contribution in [-0.2, 0) is 16.0 Å². The lowest BCUT2D eigenvalue weighted by Gasteiger charge is -2.18. The number of nitrogens with zero attached hydrogens (tertiary/aromatic N) is 1. The van der Waals surface area contributed by atoms with E-state index < -0.39 is 5.97 Å². The number of hydrogen-bond acceptors (Lipinski definition) is 4. The molecule has 1 fully saturated rings. The summed E-state index contributed by atoms with van der Waals surface area (Å²) in [7, 11) is 0. The van der Waals surface area contributed by atoms with E-state index in [4.69, 9.17) is 4.74 Å². The van der Waals surface area contributed by atoms with E-state index in [1.807, 2.05) is 37.3 Å². The third-order valence-corrected chi connectivity index (χ3v) is 4.26. The third-order valence-electron chi connectivity index (χ3n) is 4.26. The van der Waals surface area contributed by atoms with Gasteiger partial charge in [0.25, 0.3) is 5.91 Å². The maximum absolute atomic E-state index is 12.2. The first-order valence-corrected chi connectivity index (χ1v) is 8.73. The lowest BCUT2D eigenvalue weighted by Crippen LogP contribution is -2.33. The van der Waals surface area contributed by atoms with Crippen LogP contribution < -0.4 is 5.32 Å². The second-order valence-electron chi connectivity index (χ2n) is 6.40. The Morgan fingerprint density at radius 3 is 2.76 bits per heavy atom. The Morgan fingerprint density at radius 2 is 2.08 bits per heavy atom. The molecule has 0 spiro atoms. The van der Waals surface area contributed by atoms with Gasteiger partial charge in [-0.1, -0.05) is 43.7 Å². The lowest BCUT2D eigenvalue weighted by molar-refractivity contribution is -0.125. The topological polar surface area (TPSA) is 84.1 Å². The largest absolute Gasteiger partial charge is 0.451 e. The van der Waals surface area contributed by atoms with E-state index in [0.29, 0.717) is 5.92 Å². The van der Waals surface area contributed by atoms with Crippen LogP contribution in [-0.4, -0.2) is 28.7 Å². The molecule has 1 aromatic carbocycles. The number of ether oxygens (including phenoxy) is 1. The number of aryl methyl sites for hydroxylation is 1. The molecule has 0 aliphatic heterocycles. The van der Waals surface area contributed by atoms with Crippen molar-refractivity contribution in [3.05, 3.63) is 53.3 Å². The molecule has 1 heterocycles. The van der Waals surface area contributed by atoms with Crippen LogP contribution in [0.4, 0.5) is 0 Å². The minimum atomic E-state index is -0.587. The highest BCUT2D eigenvalue weighted by Gasteiger charge is 2.33. The Hall–Kier alpha value is -2.63. The number of nitrogens with one attached hydrogen (secondary N) is 2. The molecule has 2 N–H and O–H groups in total. The zero-order valence-electron chi connectivity index (χ0n) is 14.3. The number of aromatic amines is 1. The van der Waals surface area contributed by atoms with Crippen LogP contribution in [0.15, 0.2) is 36.4 Å². The average molecular weight is 341 g/mol. The van der Waals surface area contributed by atoms with E-state index in [9.17, 15) is 9.59 Å². The summed E-state index contributed by atoms with van der Waals surface area (Å²) in [6.07, 6.45) is 3.99. The normalized spacial score (nSPS) is 14.8. The highest BCUT2D eigenvalue weighted by Crippen LogP contribution is 2.40. The summed E-state index contributed by atoms with van der Waals surface area (Å²) in [6.45, 7) is 1.75. The number of amides is 1. The number of benzene rings is 1. The number of esters is 1. The van der Waals surface area contributed by atoms with Crippen molar-refractivity contribution in [3.8, 4) is 0 Å². The number of rotatable bonds is 8. The van der Waals surface area contributed by atoms with Gasteiger partial charge in [0, 0.05) is 5.69 Å². The van der Waals surface area contributed by atoms with Crippen LogP contribution in [0, 0.1) is 5.92 Å². The predicted molar refractivity (Wildman–Crippen MR) is 92.9 cm³/mol. The van der Waals surface area contributed by atoms with Crippen LogP contribution in [0.1, 0.15) is 54.0 Å². The van der Waals surface area contributed by atoms with E-state index in [0.717, 1.165) is 36.9 Å². The molecule has 0 radical (unpaired) electrons. The summed E-state index contributed by atoms with van der Waals surface area (Å²) in [4.78, 5) is 24.2. The highest BCUT2D eigenvalue weighted by atomic mass is 16.5. The number of hydrogen-bond donors (Lipinski definition) is 2. The highest BCUT2D eigenvalue weighted by molar-refractivity contribution is 5.89. The number of H-pyrrole nitrogens is 1. The van der Waals surface area contributed by atoms with Crippen molar-refractivity contribution in [2.24, 2.45) is 5.92 Å². The molecule has 132 valence electrons. The van der Waals surface area contributed by atoms with E-state index in [2.05, 4.69) is 15.5 Å². The Morgan fingerprint density at radius 1 is 1.32 bits per heavy atom. The van der Waals surface area contributed by atoms with Crippen molar-refractivity contribution < 1.29 is 14.3 Å². The molecule has 3 rings (SSSR count). The number of carbonyl (C=O) groups is 2. The first kappa shape index (κ1) is 17.2. The summed E-state index contributed by atoms with van der Waals surface area (Å²) in [5, 5.41) is 9.71. The van der Waals surface area contributed by atoms with Gasteiger partial charge in [-0.25, -0.2) is 4.79 Å². The van der Waals surface area contributed by atoms with Crippen LogP contribution in [0.25, 0.3) is 0 Å². The zero-order valence-corrected chi connectivity index (χ0v) is 14.3. The van der Waals surface area contributed by atoms with Gasteiger partial charge >= 0.3 is 5.97 Å². The van der Waals surface area contributed by atoms with E-state index in [1.54, 1.807) is 6.07 Å². The molecule has 1 aliphatic rings. The predicted octanol–water partition coefficient (Wildman–Crippen LogP) is 2.79. The SMILES string of the molecule is CCCc1cc(C(=O)OCC(=O)NC(c2ccccc2)C2CC2)n[nH]1. The summed E-state index contributed by atoms with van der Waals surface area (Å²) >= 11 is 0. The number of aromatic nitrogens is 2. The van der Waals surface area contributed by atoms with Crippen molar-refractivity contribution in [2.45, 2.75) is 38.6 Å².